The van der Waals surface area contributed by atoms with E-state index < -0.39 is 30.1 Å². The van der Waals surface area contributed by atoms with E-state index >= 15 is 0 Å². The van der Waals surface area contributed by atoms with E-state index in [4.69, 9.17) is 9.47 Å². The number of hydrogen-bond donors (Lipinski definition) is 5. The molecule has 0 saturated heterocycles. The number of amides is 1. The van der Waals surface area contributed by atoms with Gasteiger partial charge in [0, 0.05) is 12.8 Å². The number of rotatable bonds is 18. The number of benzene rings is 3. The van der Waals surface area contributed by atoms with Gasteiger partial charge in [-0.25, -0.2) is 4.79 Å². The van der Waals surface area contributed by atoms with Crippen molar-refractivity contribution in [1.29, 1.82) is 0 Å². The van der Waals surface area contributed by atoms with Gasteiger partial charge in [0.25, 0.3) is 0 Å². The molecule has 236 valence electrons. The third-order valence-electron chi connectivity index (χ3n) is 7.46. The number of nitrogens with one attached hydrogen (secondary N) is 4. The molecule has 0 saturated carbocycles. The number of carbonyl (C=O) groups excluding carboxylic acids is 2. The van der Waals surface area contributed by atoms with Gasteiger partial charge < -0.3 is 35.8 Å². The first kappa shape index (κ1) is 34.2. The van der Waals surface area contributed by atoms with Gasteiger partial charge in [0.05, 0.1) is 13.2 Å². The molecule has 0 aromatic heterocycles. The second-order valence-corrected chi connectivity index (χ2v) is 10.6. The van der Waals surface area contributed by atoms with E-state index in [2.05, 4.69) is 21.3 Å². The first-order valence-corrected chi connectivity index (χ1v) is 14.8. The first-order chi connectivity index (χ1) is 21.3. The predicted molar refractivity (Wildman–Crippen MR) is 170 cm³/mol. The molecule has 0 aliphatic carbocycles. The number of carboxylic acids is 1. The fourth-order valence-electron chi connectivity index (χ4n) is 4.94. The maximum atomic E-state index is 13.0. The summed E-state index contributed by atoms with van der Waals surface area (Å²) in [6.07, 6.45) is 1.89. The standard InChI is InChI=1S/C34H44N4O6/c1-35-17-9-14-28(36-2)32(39)38-30(34(42)43-4)19-24-12-8-13-25(18-24)26-15-16-31(44-22-23-10-6-5-7-11-23)27(20-26)21-29(37-3)33(40)41/h5-8,10-13,15-16,18,20,28-30,35-37H,9,14,17,19,21-22H2,1-4H3,(H,38,39)(H,40,41)/t28-,29-,30-/m0/s1. The normalized spacial score (nSPS) is 13.0. The number of ether oxygens (including phenoxy) is 2. The number of esters is 1. The van der Waals surface area contributed by atoms with Crippen molar-refractivity contribution in [2.45, 2.75) is 50.4 Å². The van der Waals surface area contributed by atoms with Gasteiger partial charge in [-0.3, -0.25) is 9.59 Å². The smallest absolute Gasteiger partial charge is 0.328 e. The van der Waals surface area contributed by atoms with E-state index in [1.807, 2.05) is 79.8 Å². The lowest BCUT2D eigenvalue weighted by atomic mass is 9.96. The number of carbonyl (C=O) groups is 3. The molecule has 0 heterocycles. The second kappa shape index (κ2) is 17.8. The zero-order chi connectivity index (χ0) is 31.9. The highest BCUT2D eigenvalue weighted by Gasteiger charge is 2.26. The van der Waals surface area contributed by atoms with Gasteiger partial charge in [-0.15, -0.1) is 0 Å². The Hall–Kier alpha value is -4.25. The number of hydrogen-bond acceptors (Lipinski definition) is 8. The van der Waals surface area contributed by atoms with E-state index in [-0.39, 0.29) is 18.7 Å². The predicted octanol–water partition coefficient (Wildman–Crippen LogP) is 2.94. The summed E-state index contributed by atoms with van der Waals surface area (Å²) < 4.78 is 11.1. The Morgan fingerprint density at radius 3 is 2.16 bits per heavy atom. The minimum atomic E-state index is -0.952. The minimum Gasteiger partial charge on any atom is -0.489 e. The van der Waals surface area contributed by atoms with Crippen LogP contribution in [0.3, 0.4) is 0 Å². The maximum absolute atomic E-state index is 13.0. The minimum absolute atomic E-state index is 0.223. The molecular weight excluding hydrogens is 560 g/mol. The van der Waals surface area contributed by atoms with Crippen LogP contribution in [0.2, 0.25) is 0 Å². The summed E-state index contributed by atoms with van der Waals surface area (Å²) in [7, 11) is 6.51. The third-order valence-corrected chi connectivity index (χ3v) is 7.46. The van der Waals surface area contributed by atoms with E-state index in [1.54, 1.807) is 14.1 Å². The Morgan fingerprint density at radius 2 is 1.50 bits per heavy atom. The molecule has 0 spiro atoms. The van der Waals surface area contributed by atoms with Gasteiger partial charge in [-0.2, -0.15) is 0 Å². The number of carboxylic acid groups (broad SMARTS) is 1. The summed E-state index contributed by atoms with van der Waals surface area (Å²) in [5.74, 6) is -1.13. The van der Waals surface area contributed by atoms with Crippen LogP contribution in [0.1, 0.15) is 29.5 Å². The van der Waals surface area contributed by atoms with E-state index in [0.29, 0.717) is 18.8 Å². The van der Waals surface area contributed by atoms with Crippen LogP contribution in [-0.2, 0) is 38.6 Å². The largest absolute Gasteiger partial charge is 0.489 e. The summed E-state index contributed by atoms with van der Waals surface area (Å²) >= 11 is 0. The molecule has 3 aromatic carbocycles. The quantitative estimate of drug-likeness (QED) is 0.110. The molecule has 0 bridgehead atoms. The lowest BCUT2D eigenvalue weighted by molar-refractivity contribution is -0.145. The van der Waals surface area contributed by atoms with Crippen LogP contribution in [-0.4, -0.2) is 75.9 Å². The molecule has 3 aromatic rings. The van der Waals surface area contributed by atoms with Gasteiger partial charge in [-0.1, -0.05) is 60.7 Å². The summed E-state index contributed by atoms with van der Waals surface area (Å²) in [5.41, 5.74) is 4.34. The topological polar surface area (TPSA) is 138 Å². The van der Waals surface area contributed by atoms with Gasteiger partial charge in [0.2, 0.25) is 5.91 Å². The Labute approximate surface area is 259 Å². The summed E-state index contributed by atoms with van der Waals surface area (Å²) in [6, 6.07) is 21.1. The van der Waals surface area contributed by atoms with Crippen LogP contribution in [0.5, 0.6) is 5.75 Å². The molecule has 3 rings (SSSR count). The Bertz CT molecular complexity index is 1370. The zero-order valence-corrected chi connectivity index (χ0v) is 25.9. The maximum Gasteiger partial charge on any atom is 0.328 e. The van der Waals surface area contributed by atoms with Crippen molar-refractivity contribution in [3.63, 3.8) is 0 Å². The van der Waals surface area contributed by atoms with Crippen LogP contribution >= 0.6 is 0 Å². The van der Waals surface area contributed by atoms with Crippen molar-refractivity contribution < 1.29 is 29.0 Å². The molecule has 44 heavy (non-hydrogen) atoms. The average Bonchev–Trinajstić information content (AvgIpc) is 3.04. The highest BCUT2D eigenvalue weighted by molar-refractivity contribution is 5.87. The van der Waals surface area contributed by atoms with Crippen LogP contribution in [0.4, 0.5) is 0 Å². The molecule has 0 unspecified atom stereocenters. The monoisotopic (exact) mass is 604 g/mol. The van der Waals surface area contributed by atoms with Gasteiger partial charge in [0.1, 0.15) is 24.4 Å². The molecule has 0 aliphatic rings. The van der Waals surface area contributed by atoms with Gasteiger partial charge in [-0.05, 0) is 80.5 Å². The Kier molecular flexibility index (Phi) is 13.8. The van der Waals surface area contributed by atoms with Crippen LogP contribution in [0, 0.1) is 0 Å². The van der Waals surface area contributed by atoms with Gasteiger partial charge >= 0.3 is 11.9 Å². The van der Waals surface area contributed by atoms with E-state index in [1.165, 1.54) is 7.11 Å². The average molecular weight is 605 g/mol. The van der Waals surface area contributed by atoms with E-state index in [0.717, 1.165) is 40.8 Å². The Morgan fingerprint density at radius 1 is 0.795 bits per heavy atom. The second-order valence-electron chi connectivity index (χ2n) is 10.6. The summed E-state index contributed by atoms with van der Waals surface area (Å²) in [5, 5.41) is 21.5. The lowest BCUT2D eigenvalue weighted by Crippen LogP contribution is -2.50. The number of methoxy groups -OCH3 is 1. The molecule has 10 heteroatoms. The zero-order valence-electron chi connectivity index (χ0n) is 25.9. The summed E-state index contributed by atoms with van der Waals surface area (Å²) in [6.45, 7) is 1.14. The Balaban J connectivity index is 1.85. The van der Waals surface area contributed by atoms with Crippen molar-refractivity contribution in [2.75, 3.05) is 34.8 Å². The summed E-state index contributed by atoms with van der Waals surface area (Å²) in [4.78, 5) is 37.5. The van der Waals surface area contributed by atoms with Crippen LogP contribution < -0.4 is 26.0 Å². The van der Waals surface area contributed by atoms with Crippen molar-refractivity contribution in [3.05, 3.63) is 89.5 Å². The molecule has 0 radical (unpaired) electrons. The molecular formula is C34H44N4O6. The molecule has 3 atom stereocenters. The number of likely N-dealkylation sites (N-methyl/N-ethyl adjacent to an activating group) is 2. The van der Waals surface area contributed by atoms with Gasteiger partial charge in [0.15, 0.2) is 0 Å². The van der Waals surface area contributed by atoms with Crippen LogP contribution in [0.25, 0.3) is 11.1 Å². The van der Waals surface area contributed by atoms with Crippen molar-refractivity contribution in [1.82, 2.24) is 21.3 Å². The molecule has 0 aliphatic heterocycles. The highest BCUT2D eigenvalue weighted by Crippen LogP contribution is 2.29. The molecule has 5 N–H and O–H groups in total. The number of aliphatic carboxylic acids is 1. The van der Waals surface area contributed by atoms with Crippen molar-refractivity contribution >= 4 is 17.8 Å². The lowest BCUT2D eigenvalue weighted by Gasteiger charge is -2.21. The third kappa shape index (κ3) is 10.2. The molecule has 10 nitrogen and oxygen atoms in total. The first-order valence-electron chi connectivity index (χ1n) is 14.8. The fourth-order valence-corrected chi connectivity index (χ4v) is 4.94. The van der Waals surface area contributed by atoms with Crippen molar-refractivity contribution in [2.24, 2.45) is 0 Å². The SMILES string of the molecule is CNCCC[C@H](NC)C(=O)N[C@@H](Cc1cccc(-c2ccc(OCc3ccccc3)c(C[C@H](NC)C(=O)O)c2)c1)C(=O)OC. The van der Waals surface area contributed by atoms with Crippen LogP contribution in [0.15, 0.2) is 72.8 Å². The molecule has 1 amide bonds. The highest BCUT2D eigenvalue weighted by atomic mass is 16.5. The molecule has 0 fully saturated rings. The fraction of sp³-hybridized carbons (Fsp3) is 0.382. The van der Waals surface area contributed by atoms with E-state index in [9.17, 15) is 19.5 Å². The van der Waals surface area contributed by atoms with Crippen molar-refractivity contribution in [3.8, 4) is 16.9 Å².